The zero-order chi connectivity index (χ0) is 13.2. The van der Waals surface area contributed by atoms with Gasteiger partial charge in [0.1, 0.15) is 13.2 Å². The summed E-state index contributed by atoms with van der Waals surface area (Å²) in [5.41, 5.74) is 8.08. The minimum atomic E-state index is -0.132. The molecule has 1 atom stereocenters. The molecule has 6 nitrogen and oxygen atoms in total. The third kappa shape index (κ3) is 2.53. The smallest absolute Gasteiger partial charge is 0.161 e. The highest BCUT2D eigenvalue weighted by Gasteiger charge is 2.15. The van der Waals surface area contributed by atoms with Gasteiger partial charge in [-0.1, -0.05) is 11.3 Å². The molecule has 3 rings (SSSR count). The van der Waals surface area contributed by atoms with E-state index in [9.17, 15) is 0 Å². The summed E-state index contributed by atoms with van der Waals surface area (Å²) in [4.78, 5) is 0. The maximum absolute atomic E-state index is 6.20. The zero-order valence-electron chi connectivity index (χ0n) is 10.7. The van der Waals surface area contributed by atoms with Crippen molar-refractivity contribution in [3.8, 4) is 11.5 Å². The van der Waals surface area contributed by atoms with Crippen LogP contribution in [0.3, 0.4) is 0 Å². The van der Waals surface area contributed by atoms with Gasteiger partial charge in [-0.15, -0.1) is 5.10 Å². The first-order chi connectivity index (χ1) is 9.22. The topological polar surface area (TPSA) is 75.2 Å². The Hall–Kier alpha value is -2.08. The molecule has 1 unspecified atom stereocenters. The van der Waals surface area contributed by atoms with E-state index in [4.69, 9.17) is 15.2 Å². The lowest BCUT2D eigenvalue weighted by atomic mass is 10.0. The van der Waals surface area contributed by atoms with Crippen molar-refractivity contribution < 1.29 is 9.47 Å². The highest BCUT2D eigenvalue weighted by atomic mass is 16.6. The predicted molar refractivity (Wildman–Crippen MR) is 69.1 cm³/mol. The number of nitrogens with two attached hydrogens (primary N) is 1. The number of hydrogen-bond donors (Lipinski definition) is 1. The van der Waals surface area contributed by atoms with Crippen LogP contribution in [-0.4, -0.2) is 28.2 Å². The highest BCUT2D eigenvalue weighted by molar-refractivity contribution is 5.44. The molecule has 100 valence electrons. The quantitative estimate of drug-likeness (QED) is 0.884. The van der Waals surface area contributed by atoms with Crippen molar-refractivity contribution in [3.63, 3.8) is 0 Å². The molecule has 1 aliphatic rings. The minimum Gasteiger partial charge on any atom is -0.486 e. The van der Waals surface area contributed by atoms with E-state index < -0.39 is 0 Å². The Balaban J connectivity index is 1.77. The molecule has 2 N–H and O–H groups in total. The molecule has 19 heavy (non-hydrogen) atoms. The zero-order valence-corrected chi connectivity index (χ0v) is 10.7. The Morgan fingerprint density at radius 1 is 1.32 bits per heavy atom. The number of fused-ring (bicyclic) bond motifs is 1. The second-order valence-corrected chi connectivity index (χ2v) is 4.60. The van der Waals surface area contributed by atoms with Crippen LogP contribution >= 0.6 is 0 Å². The Morgan fingerprint density at radius 2 is 2.11 bits per heavy atom. The molecule has 1 aliphatic heterocycles. The fraction of sp³-hybridized carbons (Fsp3) is 0.385. The van der Waals surface area contributed by atoms with Crippen molar-refractivity contribution in [2.24, 2.45) is 12.8 Å². The van der Waals surface area contributed by atoms with Crippen LogP contribution in [0.1, 0.15) is 17.3 Å². The summed E-state index contributed by atoms with van der Waals surface area (Å²) >= 11 is 0. The van der Waals surface area contributed by atoms with E-state index in [1.165, 1.54) is 0 Å². The molecule has 2 heterocycles. The number of nitrogens with zero attached hydrogens (tertiary/aromatic N) is 3. The highest BCUT2D eigenvalue weighted by Crippen LogP contribution is 2.32. The molecular weight excluding hydrogens is 244 g/mol. The first-order valence-corrected chi connectivity index (χ1v) is 6.23. The van der Waals surface area contributed by atoms with Crippen molar-refractivity contribution in [3.05, 3.63) is 35.7 Å². The fourth-order valence-corrected chi connectivity index (χ4v) is 2.12. The van der Waals surface area contributed by atoms with E-state index in [0.717, 1.165) is 22.8 Å². The van der Waals surface area contributed by atoms with Gasteiger partial charge in [-0.3, -0.25) is 4.68 Å². The van der Waals surface area contributed by atoms with Crippen LogP contribution in [0.25, 0.3) is 0 Å². The minimum absolute atomic E-state index is 0.132. The summed E-state index contributed by atoms with van der Waals surface area (Å²) in [5.74, 6) is 1.54. The largest absolute Gasteiger partial charge is 0.486 e. The van der Waals surface area contributed by atoms with Gasteiger partial charge >= 0.3 is 0 Å². The van der Waals surface area contributed by atoms with Crippen LogP contribution in [0.2, 0.25) is 0 Å². The van der Waals surface area contributed by atoms with Crippen molar-refractivity contribution in [2.75, 3.05) is 13.2 Å². The Kier molecular flexibility index (Phi) is 3.08. The van der Waals surface area contributed by atoms with Gasteiger partial charge in [0.05, 0.1) is 5.69 Å². The second kappa shape index (κ2) is 4.89. The molecule has 0 saturated carbocycles. The second-order valence-electron chi connectivity index (χ2n) is 4.60. The summed E-state index contributed by atoms with van der Waals surface area (Å²) in [6, 6.07) is 5.68. The van der Waals surface area contributed by atoms with Crippen molar-refractivity contribution in [1.82, 2.24) is 15.0 Å². The van der Waals surface area contributed by atoms with Crippen LogP contribution in [0.4, 0.5) is 0 Å². The van der Waals surface area contributed by atoms with Crippen LogP contribution in [0.15, 0.2) is 24.4 Å². The number of aryl methyl sites for hydroxylation is 1. The molecule has 0 bridgehead atoms. The molecule has 0 radical (unpaired) electrons. The molecule has 0 amide bonds. The first kappa shape index (κ1) is 12.0. The van der Waals surface area contributed by atoms with Gasteiger partial charge < -0.3 is 15.2 Å². The number of aromatic nitrogens is 3. The van der Waals surface area contributed by atoms with Crippen LogP contribution in [0, 0.1) is 0 Å². The average molecular weight is 260 g/mol. The normalized spacial score (nSPS) is 15.3. The fourth-order valence-electron chi connectivity index (χ4n) is 2.12. The molecule has 6 heteroatoms. The average Bonchev–Trinajstić information content (AvgIpc) is 2.83. The van der Waals surface area contributed by atoms with E-state index >= 15 is 0 Å². The molecule has 0 saturated heterocycles. The molecule has 0 spiro atoms. The Morgan fingerprint density at radius 3 is 2.84 bits per heavy atom. The van der Waals surface area contributed by atoms with Crippen LogP contribution in [0.5, 0.6) is 11.5 Å². The lowest BCUT2D eigenvalue weighted by Gasteiger charge is -2.20. The van der Waals surface area contributed by atoms with Gasteiger partial charge in [0.2, 0.25) is 0 Å². The third-order valence-corrected chi connectivity index (χ3v) is 3.07. The molecule has 1 aromatic carbocycles. The van der Waals surface area contributed by atoms with E-state index in [-0.39, 0.29) is 6.04 Å². The van der Waals surface area contributed by atoms with Gasteiger partial charge in [-0.25, -0.2) is 0 Å². The van der Waals surface area contributed by atoms with Gasteiger partial charge in [0.15, 0.2) is 11.5 Å². The first-order valence-electron chi connectivity index (χ1n) is 6.23. The summed E-state index contributed by atoms with van der Waals surface area (Å²) in [5, 5.41) is 7.95. The number of ether oxygens (including phenoxy) is 2. The molecule has 0 aliphatic carbocycles. The van der Waals surface area contributed by atoms with E-state index in [1.54, 1.807) is 4.68 Å². The van der Waals surface area contributed by atoms with Gasteiger partial charge in [-0.05, 0) is 17.7 Å². The standard InChI is InChI=1S/C13H16N4O2/c1-17-8-10(15-16-17)7-11(14)9-2-3-12-13(6-9)19-5-4-18-12/h2-3,6,8,11H,4-5,7,14H2,1H3. The van der Waals surface area contributed by atoms with E-state index in [2.05, 4.69) is 10.3 Å². The molecule has 1 aromatic heterocycles. The Labute approximate surface area is 111 Å². The maximum Gasteiger partial charge on any atom is 0.161 e. The Bertz CT molecular complexity index is 582. The lowest BCUT2D eigenvalue weighted by molar-refractivity contribution is 0.171. The van der Waals surface area contributed by atoms with Crippen molar-refractivity contribution in [2.45, 2.75) is 12.5 Å². The molecule has 2 aromatic rings. The maximum atomic E-state index is 6.20. The van der Waals surface area contributed by atoms with Crippen LogP contribution < -0.4 is 15.2 Å². The van der Waals surface area contributed by atoms with Gasteiger partial charge in [-0.2, -0.15) is 0 Å². The number of benzene rings is 1. The van der Waals surface area contributed by atoms with Crippen LogP contribution in [-0.2, 0) is 13.5 Å². The SMILES string of the molecule is Cn1cc(CC(N)c2ccc3c(c2)OCCO3)nn1. The van der Waals surface area contributed by atoms with Crippen molar-refractivity contribution >= 4 is 0 Å². The van der Waals surface area contributed by atoms with E-state index in [0.29, 0.717) is 19.6 Å². The van der Waals surface area contributed by atoms with Gasteiger partial charge in [0, 0.05) is 25.7 Å². The molecule has 0 fully saturated rings. The van der Waals surface area contributed by atoms with Crippen molar-refractivity contribution in [1.29, 1.82) is 0 Å². The van der Waals surface area contributed by atoms with E-state index in [1.807, 2.05) is 31.4 Å². The van der Waals surface area contributed by atoms with Gasteiger partial charge in [0.25, 0.3) is 0 Å². The number of hydrogen-bond acceptors (Lipinski definition) is 5. The predicted octanol–water partition coefficient (Wildman–Crippen LogP) is 0.829. The summed E-state index contributed by atoms with van der Waals surface area (Å²) in [6.07, 6.45) is 2.52. The lowest BCUT2D eigenvalue weighted by Crippen LogP contribution is -2.17. The summed E-state index contributed by atoms with van der Waals surface area (Å²) in [7, 11) is 1.84. The number of rotatable bonds is 3. The monoisotopic (exact) mass is 260 g/mol. The molecular formula is C13H16N4O2. The summed E-state index contributed by atoms with van der Waals surface area (Å²) in [6.45, 7) is 1.17. The third-order valence-electron chi connectivity index (χ3n) is 3.07. The summed E-state index contributed by atoms with van der Waals surface area (Å²) < 4.78 is 12.7.